The fourth-order valence-corrected chi connectivity index (χ4v) is 3.74. The molecule has 0 unspecified atom stereocenters. The summed E-state index contributed by atoms with van der Waals surface area (Å²) in [6.45, 7) is 1.55. The summed E-state index contributed by atoms with van der Waals surface area (Å²) < 4.78 is 40.1. The lowest BCUT2D eigenvalue weighted by molar-refractivity contribution is -0.117. The van der Waals surface area contributed by atoms with Gasteiger partial charge in [-0.05, 0) is 67.8 Å². The van der Waals surface area contributed by atoms with E-state index < -0.39 is 15.8 Å². The van der Waals surface area contributed by atoms with Gasteiger partial charge in [0.1, 0.15) is 5.82 Å². The molecule has 154 valence electrons. The van der Waals surface area contributed by atoms with Gasteiger partial charge in [-0.15, -0.1) is 0 Å². The van der Waals surface area contributed by atoms with Crippen molar-refractivity contribution in [2.75, 3.05) is 18.4 Å². The third-order valence-corrected chi connectivity index (χ3v) is 5.96. The molecule has 2 aromatic carbocycles. The summed E-state index contributed by atoms with van der Waals surface area (Å²) in [4.78, 5) is 23.8. The van der Waals surface area contributed by atoms with E-state index in [9.17, 15) is 22.4 Å². The molecule has 2 aromatic rings. The first-order valence-electron chi connectivity index (χ1n) is 9.21. The van der Waals surface area contributed by atoms with Gasteiger partial charge in [0.2, 0.25) is 15.9 Å². The normalized spacial score (nSPS) is 13.7. The third-order valence-electron chi connectivity index (χ3n) is 4.51. The Balaban J connectivity index is 1.46. The number of amides is 2. The summed E-state index contributed by atoms with van der Waals surface area (Å²) >= 11 is 0. The average Bonchev–Trinajstić information content (AvgIpc) is 3.53. The number of hydrogen-bond acceptors (Lipinski definition) is 4. The number of aryl methyl sites for hydroxylation is 1. The molecule has 0 aromatic heterocycles. The van der Waals surface area contributed by atoms with Gasteiger partial charge in [-0.2, -0.15) is 0 Å². The molecule has 3 rings (SSSR count). The molecule has 0 spiro atoms. The summed E-state index contributed by atoms with van der Waals surface area (Å²) in [5.74, 6) is -0.748. The van der Waals surface area contributed by atoms with Crippen molar-refractivity contribution in [1.82, 2.24) is 10.0 Å². The number of anilines is 1. The zero-order valence-corrected chi connectivity index (χ0v) is 16.7. The lowest BCUT2D eigenvalue weighted by atomic mass is 10.2. The second kappa shape index (κ2) is 8.71. The number of sulfonamides is 1. The van der Waals surface area contributed by atoms with E-state index in [2.05, 4.69) is 15.4 Å². The van der Waals surface area contributed by atoms with Gasteiger partial charge in [0.25, 0.3) is 5.91 Å². The molecule has 0 heterocycles. The summed E-state index contributed by atoms with van der Waals surface area (Å²) in [6.07, 6.45) is 1.83. The van der Waals surface area contributed by atoms with Gasteiger partial charge in [-0.3, -0.25) is 9.59 Å². The monoisotopic (exact) mass is 419 g/mol. The van der Waals surface area contributed by atoms with Gasteiger partial charge in [0, 0.05) is 30.3 Å². The average molecular weight is 419 g/mol. The summed E-state index contributed by atoms with van der Waals surface area (Å²) in [5.41, 5.74) is 1.25. The van der Waals surface area contributed by atoms with Crippen molar-refractivity contribution in [2.45, 2.75) is 24.7 Å². The number of carbonyl (C=O) groups is 2. The Hall–Kier alpha value is -2.78. The van der Waals surface area contributed by atoms with E-state index in [-0.39, 0.29) is 41.3 Å². The number of nitrogens with one attached hydrogen (secondary N) is 3. The fourth-order valence-electron chi connectivity index (χ4n) is 2.63. The van der Waals surface area contributed by atoms with E-state index in [1.54, 1.807) is 24.3 Å². The number of halogens is 1. The fraction of sp³-hybridized carbons (Fsp3) is 0.300. The zero-order chi connectivity index (χ0) is 21.0. The molecule has 1 aliphatic carbocycles. The van der Waals surface area contributed by atoms with Crippen LogP contribution in [0.3, 0.4) is 0 Å². The van der Waals surface area contributed by atoms with Crippen LogP contribution in [0.15, 0.2) is 47.4 Å². The quantitative estimate of drug-likeness (QED) is 0.571. The van der Waals surface area contributed by atoms with Gasteiger partial charge in [0.05, 0.1) is 4.90 Å². The predicted octanol–water partition coefficient (Wildman–Crippen LogP) is 2.19. The first kappa shape index (κ1) is 20.9. The van der Waals surface area contributed by atoms with E-state index in [1.807, 2.05) is 0 Å². The molecule has 2 amide bonds. The van der Waals surface area contributed by atoms with Crippen LogP contribution < -0.4 is 15.4 Å². The molecular formula is C20H22FN3O4S. The molecule has 29 heavy (non-hydrogen) atoms. The number of benzene rings is 2. The van der Waals surface area contributed by atoms with Gasteiger partial charge in [0.15, 0.2) is 0 Å². The van der Waals surface area contributed by atoms with Gasteiger partial charge in [-0.25, -0.2) is 17.5 Å². The van der Waals surface area contributed by atoms with E-state index in [0.29, 0.717) is 11.3 Å². The molecule has 1 saturated carbocycles. The Morgan fingerprint density at radius 3 is 2.38 bits per heavy atom. The van der Waals surface area contributed by atoms with Gasteiger partial charge >= 0.3 is 0 Å². The molecule has 0 bridgehead atoms. The van der Waals surface area contributed by atoms with E-state index >= 15 is 0 Å². The minimum atomic E-state index is -3.79. The van der Waals surface area contributed by atoms with Gasteiger partial charge < -0.3 is 10.6 Å². The van der Waals surface area contributed by atoms with E-state index in [0.717, 1.165) is 18.9 Å². The highest BCUT2D eigenvalue weighted by Gasteiger charge is 2.29. The maximum absolute atomic E-state index is 13.3. The van der Waals surface area contributed by atoms with Crippen molar-refractivity contribution >= 4 is 27.5 Å². The summed E-state index contributed by atoms with van der Waals surface area (Å²) in [5, 5.41) is 5.41. The first-order valence-corrected chi connectivity index (χ1v) is 10.7. The van der Waals surface area contributed by atoms with Crippen LogP contribution in [0.4, 0.5) is 10.1 Å². The molecule has 0 saturated heterocycles. The smallest absolute Gasteiger partial charge is 0.251 e. The Kier molecular flexibility index (Phi) is 6.29. The number of hydrogen-bond donors (Lipinski definition) is 3. The Morgan fingerprint density at radius 1 is 1.07 bits per heavy atom. The molecule has 3 N–H and O–H groups in total. The van der Waals surface area contributed by atoms with Crippen LogP contribution in [-0.2, 0) is 14.8 Å². The Labute approximate surface area is 168 Å². The Bertz CT molecular complexity index is 1020. The summed E-state index contributed by atoms with van der Waals surface area (Å²) in [6, 6.07) is 10.0. The molecule has 9 heteroatoms. The zero-order valence-electron chi connectivity index (χ0n) is 15.9. The van der Waals surface area contributed by atoms with Crippen molar-refractivity contribution in [3.05, 3.63) is 59.4 Å². The van der Waals surface area contributed by atoms with E-state index in [1.165, 1.54) is 19.1 Å². The highest BCUT2D eigenvalue weighted by Crippen LogP contribution is 2.30. The van der Waals surface area contributed by atoms with Crippen LogP contribution >= 0.6 is 0 Å². The molecule has 1 aliphatic rings. The summed E-state index contributed by atoms with van der Waals surface area (Å²) in [7, 11) is -3.79. The van der Waals surface area contributed by atoms with E-state index in [4.69, 9.17) is 0 Å². The second-order valence-corrected chi connectivity index (χ2v) is 8.67. The van der Waals surface area contributed by atoms with Crippen molar-refractivity contribution in [3.63, 3.8) is 0 Å². The van der Waals surface area contributed by atoms with Gasteiger partial charge in [-0.1, -0.05) is 0 Å². The van der Waals surface area contributed by atoms with Crippen molar-refractivity contribution in [2.24, 2.45) is 5.92 Å². The predicted molar refractivity (Wildman–Crippen MR) is 106 cm³/mol. The maximum Gasteiger partial charge on any atom is 0.251 e. The number of rotatable bonds is 8. The topological polar surface area (TPSA) is 104 Å². The molecule has 0 radical (unpaired) electrons. The number of carbonyl (C=O) groups excluding carboxylic acids is 2. The molecule has 1 fully saturated rings. The first-order chi connectivity index (χ1) is 13.8. The third kappa shape index (κ3) is 5.61. The van der Waals surface area contributed by atoms with Crippen LogP contribution in [0, 0.1) is 18.7 Å². The van der Waals surface area contributed by atoms with Crippen molar-refractivity contribution < 1.29 is 22.4 Å². The van der Waals surface area contributed by atoms with Crippen molar-refractivity contribution in [1.29, 1.82) is 0 Å². The minimum Gasteiger partial charge on any atom is -0.351 e. The second-order valence-electron chi connectivity index (χ2n) is 6.91. The van der Waals surface area contributed by atoms with Crippen LogP contribution in [0.1, 0.15) is 28.8 Å². The van der Waals surface area contributed by atoms with Crippen LogP contribution in [-0.4, -0.2) is 33.3 Å². The highest BCUT2D eigenvalue weighted by molar-refractivity contribution is 7.89. The van der Waals surface area contributed by atoms with Crippen LogP contribution in [0.5, 0.6) is 0 Å². The SMILES string of the molecule is Cc1cc(S(=O)(=O)NCCNC(=O)c2ccc(NC(=O)C3CC3)cc2)ccc1F. The Morgan fingerprint density at radius 2 is 1.76 bits per heavy atom. The van der Waals surface area contributed by atoms with Crippen LogP contribution in [0.25, 0.3) is 0 Å². The minimum absolute atomic E-state index is 0.00849. The lowest BCUT2D eigenvalue weighted by Gasteiger charge is -2.09. The lowest BCUT2D eigenvalue weighted by Crippen LogP contribution is -2.34. The highest BCUT2D eigenvalue weighted by atomic mass is 32.2. The molecule has 7 nitrogen and oxygen atoms in total. The van der Waals surface area contributed by atoms with Crippen LogP contribution in [0.2, 0.25) is 0 Å². The maximum atomic E-state index is 13.3. The van der Waals surface area contributed by atoms with Crippen molar-refractivity contribution in [3.8, 4) is 0 Å². The molecule has 0 atom stereocenters. The standard InChI is InChI=1S/C20H22FN3O4S/c1-13-12-17(8-9-18(13)21)29(27,28)23-11-10-22-19(25)14-4-6-16(7-5-14)24-20(26)15-2-3-15/h4-9,12,15,23H,2-3,10-11H2,1H3,(H,22,25)(H,24,26). The molecule has 0 aliphatic heterocycles. The largest absolute Gasteiger partial charge is 0.351 e. The molecular weight excluding hydrogens is 397 g/mol.